The second-order valence-corrected chi connectivity index (χ2v) is 8.10. The molecule has 1 aromatic carbocycles. The highest BCUT2D eigenvalue weighted by atomic mass is 32.2. The molecule has 1 unspecified atom stereocenters. The summed E-state index contributed by atoms with van der Waals surface area (Å²) >= 11 is 0. The topological polar surface area (TPSA) is 73.2 Å². The molecule has 7 heteroatoms. The number of rotatable bonds is 6. The van der Waals surface area contributed by atoms with E-state index in [2.05, 4.69) is 9.82 Å². The summed E-state index contributed by atoms with van der Waals surface area (Å²) in [6.45, 7) is 3.57. The lowest BCUT2D eigenvalue weighted by Crippen LogP contribution is -2.33. The SMILES string of the molecule is Cc1cc(-n2cccn2)ccc1CNS(=O)(=O)CC1CCCOC1. The largest absolute Gasteiger partial charge is 0.381 e. The Hall–Kier alpha value is -1.70. The molecule has 1 aliphatic rings. The first kappa shape index (κ1) is 17.1. The summed E-state index contributed by atoms with van der Waals surface area (Å²) in [6.07, 6.45) is 5.46. The van der Waals surface area contributed by atoms with Gasteiger partial charge in [-0.2, -0.15) is 5.10 Å². The molecule has 0 saturated carbocycles. The van der Waals surface area contributed by atoms with E-state index in [0.29, 0.717) is 13.2 Å². The van der Waals surface area contributed by atoms with Crippen LogP contribution in [-0.4, -0.2) is 37.2 Å². The van der Waals surface area contributed by atoms with Gasteiger partial charge in [0, 0.05) is 25.5 Å². The Morgan fingerprint density at radius 2 is 2.29 bits per heavy atom. The van der Waals surface area contributed by atoms with Gasteiger partial charge in [0.2, 0.25) is 10.0 Å². The van der Waals surface area contributed by atoms with Crippen LogP contribution in [0.5, 0.6) is 0 Å². The minimum atomic E-state index is -3.30. The minimum absolute atomic E-state index is 0.0968. The van der Waals surface area contributed by atoms with Crippen LogP contribution in [0.25, 0.3) is 5.69 Å². The van der Waals surface area contributed by atoms with E-state index in [9.17, 15) is 8.42 Å². The fraction of sp³-hybridized carbons (Fsp3) is 0.471. The summed E-state index contributed by atoms with van der Waals surface area (Å²) in [7, 11) is -3.30. The van der Waals surface area contributed by atoms with E-state index >= 15 is 0 Å². The first-order chi connectivity index (χ1) is 11.5. The Bertz CT molecular complexity index is 766. The Labute approximate surface area is 142 Å². The van der Waals surface area contributed by atoms with Gasteiger partial charge >= 0.3 is 0 Å². The van der Waals surface area contributed by atoms with E-state index in [4.69, 9.17) is 4.74 Å². The van der Waals surface area contributed by atoms with Crippen LogP contribution in [0.15, 0.2) is 36.7 Å². The molecule has 1 atom stereocenters. The van der Waals surface area contributed by atoms with E-state index in [1.165, 1.54) is 0 Å². The average molecular weight is 349 g/mol. The van der Waals surface area contributed by atoms with E-state index < -0.39 is 10.0 Å². The van der Waals surface area contributed by atoms with Crippen molar-refractivity contribution in [3.63, 3.8) is 0 Å². The van der Waals surface area contributed by atoms with Gasteiger partial charge in [-0.05, 0) is 55.0 Å². The zero-order valence-corrected chi connectivity index (χ0v) is 14.6. The van der Waals surface area contributed by atoms with E-state index in [0.717, 1.165) is 36.3 Å². The van der Waals surface area contributed by atoms with Gasteiger partial charge in [-0.3, -0.25) is 0 Å². The Morgan fingerprint density at radius 3 is 2.96 bits per heavy atom. The van der Waals surface area contributed by atoms with Crippen molar-refractivity contribution in [2.75, 3.05) is 19.0 Å². The molecular weight excluding hydrogens is 326 g/mol. The quantitative estimate of drug-likeness (QED) is 0.866. The van der Waals surface area contributed by atoms with Crippen molar-refractivity contribution in [3.05, 3.63) is 47.8 Å². The molecule has 130 valence electrons. The molecule has 24 heavy (non-hydrogen) atoms. The summed E-state index contributed by atoms with van der Waals surface area (Å²) < 4.78 is 34.4. The fourth-order valence-corrected chi connectivity index (χ4v) is 4.31. The van der Waals surface area contributed by atoms with Gasteiger partial charge in [-0.25, -0.2) is 17.8 Å². The first-order valence-electron chi connectivity index (χ1n) is 8.18. The maximum absolute atomic E-state index is 12.3. The normalized spacial score (nSPS) is 18.6. The van der Waals surface area contributed by atoms with Gasteiger partial charge in [0.15, 0.2) is 0 Å². The number of sulfonamides is 1. The van der Waals surface area contributed by atoms with Gasteiger partial charge in [0.05, 0.1) is 18.0 Å². The third-order valence-corrected chi connectivity index (χ3v) is 5.78. The van der Waals surface area contributed by atoms with Crippen LogP contribution in [-0.2, 0) is 21.3 Å². The number of benzene rings is 1. The molecule has 2 heterocycles. The van der Waals surface area contributed by atoms with Crippen LogP contribution in [0.3, 0.4) is 0 Å². The molecule has 1 saturated heterocycles. The molecule has 0 amide bonds. The number of nitrogens with zero attached hydrogens (tertiary/aromatic N) is 2. The second-order valence-electron chi connectivity index (χ2n) is 6.25. The third-order valence-electron chi connectivity index (χ3n) is 4.29. The number of aromatic nitrogens is 2. The van der Waals surface area contributed by atoms with Crippen LogP contribution in [0.1, 0.15) is 24.0 Å². The molecule has 1 aromatic heterocycles. The average Bonchev–Trinajstić information content (AvgIpc) is 3.08. The summed E-state index contributed by atoms with van der Waals surface area (Å²) in [5.74, 6) is 0.233. The molecule has 1 fully saturated rings. The molecule has 2 aromatic rings. The van der Waals surface area contributed by atoms with Crippen molar-refractivity contribution in [1.82, 2.24) is 14.5 Å². The van der Waals surface area contributed by atoms with Gasteiger partial charge in [-0.15, -0.1) is 0 Å². The lowest BCUT2D eigenvalue weighted by atomic mass is 10.1. The first-order valence-corrected chi connectivity index (χ1v) is 9.83. The summed E-state index contributed by atoms with van der Waals surface area (Å²) in [5, 5.41) is 4.20. The van der Waals surface area contributed by atoms with Crippen LogP contribution >= 0.6 is 0 Å². The third kappa shape index (κ3) is 4.43. The summed E-state index contributed by atoms with van der Waals surface area (Å²) in [5.41, 5.74) is 2.96. The molecule has 1 N–H and O–H groups in total. The van der Waals surface area contributed by atoms with Crippen LogP contribution in [0.2, 0.25) is 0 Å². The molecule has 6 nitrogen and oxygen atoms in total. The Morgan fingerprint density at radius 1 is 1.42 bits per heavy atom. The van der Waals surface area contributed by atoms with Crippen molar-refractivity contribution in [2.45, 2.75) is 26.3 Å². The van der Waals surface area contributed by atoms with Crippen LogP contribution in [0, 0.1) is 12.8 Å². The second kappa shape index (κ2) is 7.46. The van der Waals surface area contributed by atoms with Crippen molar-refractivity contribution in [1.29, 1.82) is 0 Å². The van der Waals surface area contributed by atoms with Crippen LogP contribution < -0.4 is 4.72 Å². The molecule has 1 aliphatic heterocycles. The zero-order valence-electron chi connectivity index (χ0n) is 13.8. The van der Waals surface area contributed by atoms with Crippen molar-refractivity contribution < 1.29 is 13.2 Å². The smallest absolute Gasteiger partial charge is 0.212 e. The molecule has 0 aliphatic carbocycles. The summed E-state index contributed by atoms with van der Waals surface area (Å²) in [4.78, 5) is 0. The lowest BCUT2D eigenvalue weighted by Gasteiger charge is -2.22. The van der Waals surface area contributed by atoms with E-state index in [1.807, 2.05) is 37.4 Å². The standard InChI is InChI=1S/C17H23N3O3S/c1-14-10-17(20-8-3-7-18-20)6-5-16(14)11-19-24(21,22)13-15-4-2-9-23-12-15/h3,5-8,10,15,19H,2,4,9,11-13H2,1H3. The Balaban J connectivity index is 1.61. The van der Waals surface area contributed by atoms with Gasteiger partial charge in [-0.1, -0.05) is 6.07 Å². The highest BCUT2D eigenvalue weighted by Crippen LogP contribution is 2.17. The number of hydrogen-bond donors (Lipinski definition) is 1. The fourth-order valence-electron chi connectivity index (χ4n) is 2.94. The number of hydrogen-bond acceptors (Lipinski definition) is 4. The maximum Gasteiger partial charge on any atom is 0.212 e. The van der Waals surface area contributed by atoms with E-state index in [1.54, 1.807) is 10.9 Å². The zero-order chi connectivity index (χ0) is 17.0. The molecule has 0 spiro atoms. The van der Waals surface area contributed by atoms with Gasteiger partial charge < -0.3 is 4.74 Å². The lowest BCUT2D eigenvalue weighted by molar-refractivity contribution is 0.0625. The monoisotopic (exact) mass is 349 g/mol. The van der Waals surface area contributed by atoms with Crippen molar-refractivity contribution in [2.24, 2.45) is 5.92 Å². The molecule has 0 bridgehead atoms. The predicted octanol–water partition coefficient (Wildman–Crippen LogP) is 2.03. The van der Waals surface area contributed by atoms with E-state index in [-0.39, 0.29) is 11.7 Å². The summed E-state index contributed by atoms with van der Waals surface area (Å²) in [6, 6.07) is 7.76. The highest BCUT2D eigenvalue weighted by Gasteiger charge is 2.21. The minimum Gasteiger partial charge on any atom is -0.381 e. The van der Waals surface area contributed by atoms with Gasteiger partial charge in [0.1, 0.15) is 0 Å². The maximum atomic E-state index is 12.3. The number of ether oxygens (including phenoxy) is 1. The number of nitrogens with one attached hydrogen (secondary N) is 1. The van der Waals surface area contributed by atoms with Gasteiger partial charge in [0.25, 0.3) is 0 Å². The van der Waals surface area contributed by atoms with Crippen molar-refractivity contribution >= 4 is 10.0 Å². The van der Waals surface area contributed by atoms with Crippen LogP contribution in [0.4, 0.5) is 0 Å². The molecule has 0 radical (unpaired) electrons. The Kier molecular flexibility index (Phi) is 5.33. The molecule has 3 rings (SSSR count). The van der Waals surface area contributed by atoms with Crippen molar-refractivity contribution in [3.8, 4) is 5.69 Å². The highest BCUT2D eigenvalue weighted by molar-refractivity contribution is 7.89. The number of aryl methyl sites for hydroxylation is 1. The predicted molar refractivity (Wildman–Crippen MR) is 92.5 cm³/mol. The molecular formula is C17H23N3O3S.